The fourth-order valence-electron chi connectivity index (χ4n) is 2.60. The van der Waals surface area contributed by atoms with E-state index in [1.807, 2.05) is 6.92 Å². The Morgan fingerprint density at radius 3 is 3.17 bits per heavy atom. The number of hydrogen-bond acceptors (Lipinski definition) is 3. The molecule has 2 unspecified atom stereocenters. The van der Waals surface area contributed by atoms with Crippen molar-refractivity contribution >= 4 is 33.2 Å². The van der Waals surface area contributed by atoms with Gasteiger partial charge in [-0.15, -0.1) is 0 Å². The standard InChI is InChI=1S/C12H10BrF2N2S/c1-11(8-2-7(13)4-16-10(8)15)9-3-12(9,5-14)18-6-17-11/h2,4,9H,3,5H2,1H3/t9?,11-,12?/m1/s1. The molecule has 1 fully saturated rings. The van der Waals surface area contributed by atoms with Crippen molar-refractivity contribution in [1.29, 1.82) is 0 Å². The van der Waals surface area contributed by atoms with Crippen LogP contribution in [0.4, 0.5) is 8.78 Å². The summed E-state index contributed by atoms with van der Waals surface area (Å²) >= 11 is 4.58. The topological polar surface area (TPSA) is 25.2 Å². The molecule has 3 rings (SSSR count). The lowest BCUT2D eigenvalue weighted by molar-refractivity contribution is 0.360. The molecule has 0 spiro atoms. The first kappa shape index (κ1) is 12.5. The van der Waals surface area contributed by atoms with E-state index in [9.17, 15) is 8.78 Å². The molecule has 1 radical (unpaired) electrons. The molecule has 1 aliphatic heterocycles. The molecule has 95 valence electrons. The molecule has 1 saturated carbocycles. The van der Waals surface area contributed by atoms with Crippen LogP contribution >= 0.6 is 27.7 Å². The molecule has 0 aromatic carbocycles. The van der Waals surface area contributed by atoms with Crippen LogP contribution in [0.3, 0.4) is 0 Å². The molecule has 18 heavy (non-hydrogen) atoms. The van der Waals surface area contributed by atoms with Gasteiger partial charge in [-0.05, 0) is 35.3 Å². The predicted molar refractivity (Wildman–Crippen MR) is 71.1 cm³/mol. The highest BCUT2D eigenvalue weighted by atomic mass is 79.9. The van der Waals surface area contributed by atoms with Gasteiger partial charge in [0.25, 0.3) is 0 Å². The molecule has 1 aromatic heterocycles. The van der Waals surface area contributed by atoms with Crippen LogP contribution in [0.25, 0.3) is 0 Å². The average Bonchev–Trinajstić information content (AvgIpc) is 3.09. The number of aromatic nitrogens is 1. The van der Waals surface area contributed by atoms with Gasteiger partial charge in [0.1, 0.15) is 12.2 Å². The van der Waals surface area contributed by atoms with Crippen LogP contribution in [-0.4, -0.2) is 22.0 Å². The van der Waals surface area contributed by atoms with E-state index in [4.69, 9.17) is 0 Å². The van der Waals surface area contributed by atoms with Gasteiger partial charge in [-0.1, -0.05) is 11.8 Å². The second-order valence-electron chi connectivity index (χ2n) is 4.90. The maximum Gasteiger partial charge on any atom is 0.218 e. The quantitative estimate of drug-likeness (QED) is 0.774. The first-order chi connectivity index (χ1) is 8.52. The summed E-state index contributed by atoms with van der Waals surface area (Å²) in [5.74, 6) is -0.537. The van der Waals surface area contributed by atoms with E-state index < -0.39 is 22.9 Å². The van der Waals surface area contributed by atoms with Crippen molar-refractivity contribution in [3.8, 4) is 0 Å². The Morgan fingerprint density at radius 1 is 1.67 bits per heavy atom. The summed E-state index contributed by atoms with van der Waals surface area (Å²) in [5.41, 5.74) is 2.44. The van der Waals surface area contributed by atoms with Gasteiger partial charge in [0.15, 0.2) is 0 Å². The third kappa shape index (κ3) is 1.65. The Kier molecular flexibility index (Phi) is 2.79. The maximum absolute atomic E-state index is 13.9. The number of rotatable bonds is 2. The van der Waals surface area contributed by atoms with Gasteiger partial charge in [-0.25, -0.2) is 9.37 Å². The van der Waals surface area contributed by atoms with Gasteiger partial charge in [0.05, 0.1) is 10.3 Å². The number of thioether (sulfide) groups is 1. The van der Waals surface area contributed by atoms with Crippen LogP contribution < -0.4 is 0 Å². The van der Waals surface area contributed by atoms with Crippen LogP contribution in [0.2, 0.25) is 0 Å². The summed E-state index contributed by atoms with van der Waals surface area (Å²) in [6, 6.07) is 1.67. The van der Waals surface area contributed by atoms with Crippen molar-refractivity contribution < 1.29 is 8.78 Å². The fraction of sp³-hybridized carbons (Fsp3) is 0.500. The number of hydrogen-bond donors (Lipinski definition) is 0. The highest BCUT2D eigenvalue weighted by Crippen LogP contribution is 2.65. The van der Waals surface area contributed by atoms with Crippen LogP contribution in [-0.2, 0) is 5.54 Å². The Labute approximate surface area is 116 Å². The molecular formula is C12H10BrF2N2S. The van der Waals surface area contributed by atoms with Gasteiger partial charge in [0, 0.05) is 22.2 Å². The second-order valence-corrected chi connectivity index (χ2v) is 7.02. The predicted octanol–water partition coefficient (Wildman–Crippen LogP) is 3.58. The summed E-state index contributed by atoms with van der Waals surface area (Å²) in [4.78, 5) is 7.99. The molecule has 1 aromatic rings. The van der Waals surface area contributed by atoms with Gasteiger partial charge < -0.3 is 0 Å². The van der Waals surface area contributed by atoms with E-state index in [0.717, 1.165) is 0 Å². The molecule has 2 aliphatic rings. The lowest BCUT2D eigenvalue weighted by Crippen LogP contribution is -2.32. The first-order valence-corrected chi connectivity index (χ1v) is 7.15. The molecular weight excluding hydrogens is 322 g/mol. The minimum Gasteiger partial charge on any atom is -0.264 e. The van der Waals surface area contributed by atoms with E-state index in [-0.39, 0.29) is 5.92 Å². The van der Waals surface area contributed by atoms with Crippen molar-refractivity contribution in [2.45, 2.75) is 23.6 Å². The number of pyridine rings is 1. The van der Waals surface area contributed by atoms with Crippen molar-refractivity contribution in [3.05, 3.63) is 28.2 Å². The van der Waals surface area contributed by atoms with Crippen LogP contribution in [0.1, 0.15) is 18.9 Å². The number of halogens is 3. The van der Waals surface area contributed by atoms with E-state index in [0.29, 0.717) is 16.5 Å². The smallest absolute Gasteiger partial charge is 0.218 e. The molecule has 2 nitrogen and oxygen atoms in total. The SMILES string of the molecule is C[C@]1(c2cc(Br)cnc2F)N=[C]SC2(CF)CC21. The lowest BCUT2D eigenvalue weighted by Gasteiger charge is -2.31. The molecule has 6 heteroatoms. The van der Waals surface area contributed by atoms with Gasteiger partial charge in [-0.3, -0.25) is 4.99 Å². The summed E-state index contributed by atoms with van der Waals surface area (Å²) in [6.07, 6.45) is 2.11. The molecule has 0 N–H and O–H groups in total. The Hall–Kier alpha value is -0.490. The largest absolute Gasteiger partial charge is 0.264 e. The summed E-state index contributed by atoms with van der Waals surface area (Å²) < 4.78 is 27.3. The zero-order valence-corrected chi connectivity index (χ0v) is 12.0. The minimum absolute atomic E-state index is 0.00634. The van der Waals surface area contributed by atoms with Gasteiger partial charge in [-0.2, -0.15) is 4.39 Å². The van der Waals surface area contributed by atoms with E-state index in [2.05, 4.69) is 31.5 Å². The zero-order chi connectivity index (χ0) is 13.0. The first-order valence-electron chi connectivity index (χ1n) is 5.54. The second kappa shape index (κ2) is 4.00. The summed E-state index contributed by atoms with van der Waals surface area (Å²) in [7, 11) is 0. The monoisotopic (exact) mass is 331 g/mol. The summed E-state index contributed by atoms with van der Waals surface area (Å²) in [6.45, 7) is 1.40. The van der Waals surface area contributed by atoms with Crippen molar-refractivity contribution in [1.82, 2.24) is 4.98 Å². The molecule has 0 saturated heterocycles. The highest BCUT2D eigenvalue weighted by Gasteiger charge is 2.65. The summed E-state index contributed by atoms with van der Waals surface area (Å²) in [5, 5.41) is 0. The molecule has 0 amide bonds. The number of aliphatic imine (C=N–C) groups is 1. The number of fused-ring (bicyclic) bond motifs is 1. The Balaban J connectivity index is 2.08. The van der Waals surface area contributed by atoms with E-state index >= 15 is 0 Å². The van der Waals surface area contributed by atoms with Crippen LogP contribution in [0, 0.1) is 11.9 Å². The Bertz CT molecular complexity index is 539. The highest BCUT2D eigenvalue weighted by molar-refractivity contribution is 9.10. The maximum atomic E-state index is 13.9. The average molecular weight is 332 g/mol. The molecule has 0 bridgehead atoms. The van der Waals surface area contributed by atoms with Crippen LogP contribution in [0.15, 0.2) is 21.7 Å². The number of alkyl halides is 1. The normalized spacial score (nSPS) is 37.4. The third-order valence-corrected chi connectivity index (χ3v) is 5.39. The minimum atomic E-state index is -0.766. The third-order valence-electron chi connectivity index (χ3n) is 3.81. The van der Waals surface area contributed by atoms with Gasteiger partial charge in [0.2, 0.25) is 5.95 Å². The Morgan fingerprint density at radius 2 is 2.44 bits per heavy atom. The van der Waals surface area contributed by atoms with Crippen molar-refractivity contribution in [2.75, 3.05) is 6.67 Å². The lowest BCUT2D eigenvalue weighted by atomic mass is 9.87. The molecule has 2 heterocycles. The van der Waals surface area contributed by atoms with Crippen molar-refractivity contribution in [3.63, 3.8) is 0 Å². The molecule has 1 aliphatic carbocycles. The van der Waals surface area contributed by atoms with E-state index in [1.54, 1.807) is 6.07 Å². The zero-order valence-electron chi connectivity index (χ0n) is 9.58. The van der Waals surface area contributed by atoms with E-state index in [1.165, 1.54) is 18.0 Å². The van der Waals surface area contributed by atoms with Crippen LogP contribution in [0.5, 0.6) is 0 Å². The van der Waals surface area contributed by atoms with Crippen molar-refractivity contribution in [2.24, 2.45) is 10.9 Å². The number of nitrogens with zero attached hydrogens (tertiary/aromatic N) is 2. The fourth-order valence-corrected chi connectivity index (χ4v) is 4.02. The van der Waals surface area contributed by atoms with Gasteiger partial charge >= 0.3 is 0 Å². The molecule has 3 atom stereocenters.